The zero-order valence-corrected chi connectivity index (χ0v) is 6.87. The van der Waals surface area contributed by atoms with Gasteiger partial charge >= 0.3 is 0 Å². The Labute approximate surface area is 71.0 Å². The van der Waals surface area contributed by atoms with Crippen LogP contribution in [0, 0.1) is 6.92 Å². The van der Waals surface area contributed by atoms with Gasteiger partial charge in [-0.25, -0.2) is 0 Å². The van der Waals surface area contributed by atoms with E-state index in [4.69, 9.17) is 4.74 Å². The standard InChI is InChI=1S/C9H11NO2/c1-6-3-2-4-7-9(6)12-5-8(11)10-7/h2-4,8,10-11H,5H2,1H3. The number of aliphatic hydroxyl groups is 1. The van der Waals surface area contributed by atoms with Gasteiger partial charge in [0.15, 0.2) is 6.23 Å². The van der Waals surface area contributed by atoms with Gasteiger partial charge in [0.25, 0.3) is 0 Å². The first-order valence-electron chi connectivity index (χ1n) is 3.94. The van der Waals surface area contributed by atoms with Crippen LogP contribution in [0.3, 0.4) is 0 Å². The van der Waals surface area contributed by atoms with Crippen LogP contribution in [0.4, 0.5) is 5.69 Å². The Kier molecular flexibility index (Phi) is 1.66. The van der Waals surface area contributed by atoms with Crippen molar-refractivity contribution < 1.29 is 9.84 Å². The molecule has 0 amide bonds. The monoisotopic (exact) mass is 165 g/mol. The predicted molar refractivity (Wildman–Crippen MR) is 46.3 cm³/mol. The van der Waals surface area contributed by atoms with Crippen LogP contribution < -0.4 is 10.1 Å². The Morgan fingerprint density at radius 1 is 1.58 bits per heavy atom. The van der Waals surface area contributed by atoms with Crippen LogP contribution in [-0.4, -0.2) is 17.9 Å². The third kappa shape index (κ3) is 1.12. The molecular formula is C9H11NO2. The molecule has 1 atom stereocenters. The molecule has 0 saturated carbocycles. The molecule has 1 aromatic carbocycles. The molecule has 0 saturated heterocycles. The number of benzene rings is 1. The number of hydrogen-bond donors (Lipinski definition) is 2. The van der Waals surface area contributed by atoms with E-state index in [1.165, 1.54) is 0 Å². The Morgan fingerprint density at radius 3 is 3.25 bits per heavy atom. The Bertz CT molecular complexity index is 299. The second-order valence-corrected chi connectivity index (χ2v) is 2.92. The lowest BCUT2D eigenvalue weighted by Crippen LogP contribution is -2.30. The molecule has 0 fully saturated rings. The van der Waals surface area contributed by atoms with Gasteiger partial charge in [0.2, 0.25) is 0 Å². The Balaban J connectivity index is 2.42. The van der Waals surface area contributed by atoms with Gasteiger partial charge in [-0.15, -0.1) is 0 Å². The molecule has 1 heterocycles. The number of anilines is 1. The topological polar surface area (TPSA) is 41.5 Å². The van der Waals surface area contributed by atoms with Gasteiger partial charge in [-0.1, -0.05) is 12.1 Å². The minimum Gasteiger partial charge on any atom is -0.486 e. The number of para-hydroxylation sites is 1. The molecule has 2 rings (SSSR count). The fourth-order valence-electron chi connectivity index (χ4n) is 1.34. The fourth-order valence-corrected chi connectivity index (χ4v) is 1.34. The summed E-state index contributed by atoms with van der Waals surface area (Å²) in [5.41, 5.74) is 1.96. The Morgan fingerprint density at radius 2 is 2.42 bits per heavy atom. The van der Waals surface area contributed by atoms with E-state index in [1.807, 2.05) is 25.1 Å². The molecule has 1 aromatic rings. The maximum Gasteiger partial charge on any atom is 0.159 e. The van der Waals surface area contributed by atoms with Crippen molar-refractivity contribution in [3.63, 3.8) is 0 Å². The van der Waals surface area contributed by atoms with E-state index >= 15 is 0 Å². The van der Waals surface area contributed by atoms with Crippen LogP contribution in [0.2, 0.25) is 0 Å². The summed E-state index contributed by atoms with van der Waals surface area (Å²) in [4.78, 5) is 0. The lowest BCUT2D eigenvalue weighted by Gasteiger charge is -2.24. The largest absolute Gasteiger partial charge is 0.486 e. The van der Waals surface area contributed by atoms with E-state index in [2.05, 4.69) is 5.32 Å². The van der Waals surface area contributed by atoms with Crippen molar-refractivity contribution >= 4 is 5.69 Å². The average molecular weight is 165 g/mol. The Hall–Kier alpha value is -1.22. The highest BCUT2D eigenvalue weighted by atomic mass is 16.5. The van der Waals surface area contributed by atoms with Crippen molar-refractivity contribution in [3.05, 3.63) is 23.8 Å². The maximum absolute atomic E-state index is 9.21. The smallest absolute Gasteiger partial charge is 0.159 e. The van der Waals surface area contributed by atoms with Crippen LogP contribution in [-0.2, 0) is 0 Å². The molecule has 1 unspecified atom stereocenters. The van der Waals surface area contributed by atoms with Gasteiger partial charge in [0.1, 0.15) is 12.4 Å². The molecule has 12 heavy (non-hydrogen) atoms. The van der Waals surface area contributed by atoms with Crippen LogP contribution in [0.1, 0.15) is 5.56 Å². The van der Waals surface area contributed by atoms with Crippen LogP contribution in [0.15, 0.2) is 18.2 Å². The zero-order chi connectivity index (χ0) is 8.55. The molecule has 0 spiro atoms. The number of ether oxygens (including phenoxy) is 1. The van der Waals surface area contributed by atoms with Gasteiger partial charge in [-0.3, -0.25) is 0 Å². The van der Waals surface area contributed by atoms with E-state index in [0.717, 1.165) is 17.0 Å². The average Bonchev–Trinajstić information content (AvgIpc) is 2.04. The predicted octanol–water partition coefficient (Wildman–Crippen LogP) is 1.12. The van der Waals surface area contributed by atoms with Crippen LogP contribution >= 0.6 is 0 Å². The highest BCUT2D eigenvalue weighted by Gasteiger charge is 2.16. The van der Waals surface area contributed by atoms with Crippen molar-refractivity contribution in [1.29, 1.82) is 0 Å². The van der Waals surface area contributed by atoms with E-state index in [9.17, 15) is 5.11 Å². The number of nitrogens with one attached hydrogen (secondary N) is 1. The summed E-state index contributed by atoms with van der Waals surface area (Å²) in [7, 11) is 0. The van der Waals surface area contributed by atoms with Crippen molar-refractivity contribution in [3.8, 4) is 5.75 Å². The number of aryl methyl sites for hydroxylation is 1. The van der Waals surface area contributed by atoms with Crippen LogP contribution in [0.25, 0.3) is 0 Å². The number of rotatable bonds is 0. The molecule has 0 radical (unpaired) electrons. The number of hydrogen-bond acceptors (Lipinski definition) is 3. The van der Waals surface area contributed by atoms with Crippen molar-refractivity contribution in [1.82, 2.24) is 0 Å². The summed E-state index contributed by atoms with van der Waals surface area (Å²) >= 11 is 0. The third-order valence-electron chi connectivity index (χ3n) is 1.92. The molecule has 2 N–H and O–H groups in total. The molecule has 1 aliphatic rings. The van der Waals surface area contributed by atoms with Gasteiger partial charge in [-0.2, -0.15) is 0 Å². The van der Waals surface area contributed by atoms with Crippen LogP contribution in [0.5, 0.6) is 5.75 Å². The van der Waals surface area contributed by atoms with E-state index in [1.54, 1.807) is 0 Å². The second kappa shape index (κ2) is 2.68. The van der Waals surface area contributed by atoms with Gasteiger partial charge in [-0.05, 0) is 18.6 Å². The molecule has 0 aliphatic carbocycles. The SMILES string of the molecule is Cc1cccc2c1OCC(O)N2. The van der Waals surface area contributed by atoms with Gasteiger partial charge < -0.3 is 15.2 Å². The zero-order valence-electron chi connectivity index (χ0n) is 6.87. The lowest BCUT2D eigenvalue weighted by atomic mass is 10.2. The molecule has 0 aromatic heterocycles. The normalized spacial score (nSPS) is 20.7. The van der Waals surface area contributed by atoms with Crippen molar-refractivity contribution in [2.24, 2.45) is 0 Å². The molecule has 3 heteroatoms. The summed E-state index contributed by atoms with van der Waals surface area (Å²) in [6, 6.07) is 5.81. The number of aliphatic hydroxyl groups excluding tert-OH is 1. The fraction of sp³-hybridized carbons (Fsp3) is 0.333. The summed E-state index contributed by atoms with van der Waals surface area (Å²) in [5, 5.41) is 12.1. The molecule has 1 aliphatic heterocycles. The molecule has 3 nitrogen and oxygen atoms in total. The summed E-state index contributed by atoms with van der Waals surface area (Å²) in [6.45, 7) is 2.30. The minimum absolute atomic E-state index is 0.317. The van der Waals surface area contributed by atoms with Gasteiger partial charge in [0.05, 0.1) is 5.69 Å². The summed E-state index contributed by atoms with van der Waals surface area (Å²) in [6.07, 6.45) is -0.584. The van der Waals surface area contributed by atoms with Gasteiger partial charge in [0, 0.05) is 0 Å². The van der Waals surface area contributed by atoms with Crippen molar-refractivity contribution in [2.75, 3.05) is 11.9 Å². The maximum atomic E-state index is 9.21. The molecule has 0 bridgehead atoms. The highest BCUT2D eigenvalue weighted by molar-refractivity contribution is 5.61. The van der Waals surface area contributed by atoms with E-state index in [-0.39, 0.29) is 0 Å². The second-order valence-electron chi connectivity index (χ2n) is 2.92. The number of fused-ring (bicyclic) bond motifs is 1. The first-order chi connectivity index (χ1) is 5.77. The first-order valence-corrected chi connectivity index (χ1v) is 3.94. The van der Waals surface area contributed by atoms with Crippen molar-refractivity contribution in [2.45, 2.75) is 13.2 Å². The molecular weight excluding hydrogens is 154 g/mol. The third-order valence-corrected chi connectivity index (χ3v) is 1.92. The quantitative estimate of drug-likeness (QED) is 0.605. The highest BCUT2D eigenvalue weighted by Crippen LogP contribution is 2.31. The van der Waals surface area contributed by atoms with E-state index < -0.39 is 6.23 Å². The van der Waals surface area contributed by atoms with E-state index in [0.29, 0.717) is 6.61 Å². The summed E-state index contributed by atoms with van der Waals surface area (Å²) in [5.74, 6) is 0.850. The molecule has 64 valence electrons. The summed E-state index contributed by atoms with van der Waals surface area (Å²) < 4.78 is 5.35. The lowest BCUT2D eigenvalue weighted by molar-refractivity contribution is 0.119. The first kappa shape index (κ1) is 7.43. The minimum atomic E-state index is -0.584.